The summed E-state index contributed by atoms with van der Waals surface area (Å²) >= 11 is 0. The van der Waals surface area contributed by atoms with E-state index >= 15 is 0 Å². The van der Waals surface area contributed by atoms with Gasteiger partial charge in [0.05, 0.1) is 0 Å². The van der Waals surface area contributed by atoms with Crippen molar-refractivity contribution in [3.05, 3.63) is 78.6 Å². The molecule has 24 heavy (non-hydrogen) atoms. The molecule has 1 aromatic heterocycles. The fourth-order valence-electron chi connectivity index (χ4n) is 2.71. The van der Waals surface area contributed by atoms with Crippen LogP contribution in [0.4, 0.5) is 17.3 Å². The topological polar surface area (TPSA) is 41.0 Å². The minimum atomic E-state index is 0.181. The van der Waals surface area contributed by atoms with Crippen LogP contribution in [-0.2, 0) is 0 Å². The van der Waals surface area contributed by atoms with Gasteiger partial charge in [-0.25, -0.2) is 9.97 Å². The standard InChI is InChI=1S/C20H22N4/c1-3-24(18-12-8-5-9-13-18)20-14-19(21-15-22-20)23-16(2)17-10-6-4-7-11-17/h4-16H,3H2,1-2H3,(H,21,22,23). The zero-order valence-corrected chi connectivity index (χ0v) is 14.1. The molecule has 0 saturated carbocycles. The van der Waals surface area contributed by atoms with E-state index in [0.29, 0.717) is 0 Å². The summed E-state index contributed by atoms with van der Waals surface area (Å²) in [5, 5.41) is 3.45. The molecule has 0 amide bonds. The van der Waals surface area contributed by atoms with E-state index in [1.54, 1.807) is 6.33 Å². The monoisotopic (exact) mass is 318 g/mol. The highest BCUT2D eigenvalue weighted by Crippen LogP contribution is 2.25. The van der Waals surface area contributed by atoms with Crippen molar-refractivity contribution in [3.8, 4) is 0 Å². The van der Waals surface area contributed by atoms with Crippen LogP contribution < -0.4 is 10.2 Å². The van der Waals surface area contributed by atoms with E-state index < -0.39 is 0 Å². The molecule has 122 valence electrons. The van der Waals surface area contributed by atoms with Crippen LogP contribution in [0, 0.1) is 0 Å². The normalized spacial score (nSPS) is 11.8. The first-order chi connectivity index (χ1) is 11.8. The van der Waals surface area contributed by atoms with E-state index in [-0.39, 0.29) is 6.04 Å². The van der Waals surface area contributed by atoms with Crippen molar-refractivity contribution in [3.63, 3.8) is 0 Å². The Morgan fingerprint density at radius 1 is 0.958 bits per heavy atom. The quantitative estimate of drug-likeness (QED) is 0.708. The van der Waals surface area contributed by atoms with E-state index in [1.165, 1.54) is 5.56 Å². The van der Waals surface area contributed by atoms with Gasteiger partial charge in [-0.15, -0.1) is 0 Å². The molecule has 4 nitrogen and oxygen atoms in total. The molecule has 0 fully saturated rings. The van der Waals surface area contributed by atoms with Crippen molar-refractivity contribution in [1.29, 1.82) is 0 Å². The number of benzene rings is 2. The van der Waals surface area contributed by atoms with Crippen molar-refractivity contribution < 1.29 is 0 Å². The van der Waals surface area contributed by atoms with Crippen LogP contribution in [0.25, 0.3) is 0 Å². The highest BCUT2D eigenvalue weighted by Gasteiger charge is 2.11. The first kappa shape index (κ1) is 16.0. The van der Waals surface area contributed by atoms with E-state index in [4.69, 9.17) is 0 Å². The molecule has 3 rings (SSSR count). The van der Waals surface area contributed by atoms with Crippen molar-refractivity contribution in [2.75, 3.05) is 16.8 Å². The average molecular weight is 318 g/mol. The molecule has 0 spiro atoms. The number of hydrogen-bond acceptors (Lipinski definition) is 4. The molecular formula is C20H22N4. The Morgan fingerprint density at radius 2 is 1.62 bits per heavy atom. The number of hydrogen-bond donors (Lipinski definition) is 1. The smallest absolute Gasteiger partial charge is 0.138 e. The average Bonchev–Trinajstić information content (AvgIpc) is 2.64. The van der Waals surface area contributed by atoms with E-state index in [9.17, 15) is 0 Å². The number of para-hydroxylation sites is 1. The Labute approximate surface area is 143 Å². The van der Waals surface area contributed by atoms with Gasteiger partial charge in [-0.3, -0.25) is 0 Å². The Balaban J connectivity index is 1.81. The Kier molecular flexibility index (Phi) is 5.06. The molecule has 1 heterocycles. The summed E-state index contributed by atoms with van der Waals surface area (Å²) in [5.74, 6) is 1.71. The fraction of sp³-hybridized carbons (Fsp3) is 0.200. The molecule has 2 aromatic carbocycles. The molecule has 3 aromatic rings. The molecular weight excluding hydrogens is 296 g/mol. The maximum Gasteiger partial charge on any atom is 0.138 e. The lowest BCUT2D eigenvalue weighted by molar-refractivity contribution is 0.869. The van der Waals surface area contributed by atoms with Gasteiger partial charge >= 0.3 is 0 Å². The minimum absolute atomic E-state index is 0.181. The van der Waals surface area contributed by atoms with E-state index in [1.807, 2.05) is 42.5 Å². The number of aromatic nitrogens is 2. The third-order valence-electron chi connectivity index (χ3n) is 3.98. The summed E-state index contributed by atoms with van der Waals surface area (Å²) in [5.41, 5.74) is 2.36. The number of nitrogens with zero attached hydrogens (tertiary/aromatic N) is 3. The summed E-state index contributed by atoms with van der Waals surface area (Å²) in [4.78, 5) is 11.0. The van der Waals surface area contributed by atoms with Gasteiger partial charge < -0.3 is 10.2 Å². The van der Waals surface area contributed by atoms with Crippen LogP contribution in [-0.4, -0.2) is 16.5 Å². The molecule has 0 aliphatic carbocycles. The molecule has 1 N–H and O–H groups in total. The second-order valence-electron chi connectivity index (χ2n) is 5.62. The van der Waals surface area contributed by atoms with Crippen molar-refractivity contribution in [2.45, 2.75) is 19.9 Å². The summed E-state index contributed by atoms with van der Waals surface area (Å²) in [6.45, 7) is 5.09. The number of nitrogens with one attached hydrogen (secondary N) is 1. The van der Waals surface area contributed by atoms with E-state index in [2.05, 4.69) is 58.3 Å². The number of anilines is 3. The lowest BCUT2D eigenvalue weighted by Crippen LogP contribution is -2.18. The molecule has 1 unspecified atom stereocenters. The second-order valence-corrected chi connectivity index (χ2v) is 5.62. The summed E-state index contributed by atoms with van der Waals surface area (Å²) in [7, 11) is 0. The molecule has 1 atom stereocenters. The van der Waals surface area contributed by atoms with Gasteiger partial charge in [-0.1, -0.05) is 48.5 Å². The van der Waals surface area contributed by atoms with Gasteiger partial charge in [0.15, 0.2) is 0 Å². The molecule has 0 saturated heterocycles. The van der Waals surface area contributed by atoms with Crippen LogP contribution >= 0.6 is 0 Å². The van der Waals surface area contributed by atoms with Gasteiger partial charge in [0.1, 0.15) is 18.0 Å². The Hall–Kier alpha value is -2.88. The van der Waals surface area contributed by atoms with Gasteiger partial charge in [-0.2, -0.15) is 0 Å². The zero-order chi connectivity index (χ0) is 16.8. The van der Waals surface area contributed by atoms with Crippen LogP contribution in [0.1, 0.15) is 25.5 Å². The predicted molar refractivity (Wildman–Crippen MR) is 99.6 cm³/mol. The van der Waals surface area contributed by atoms with Crippen LogP contribution in [0.15, 0.2) is 73.1 Å². The highest BCUT2D eigenvalue weighted by atomic mass is 15.2. The lowest BCUT2D eigenvalue weighted by Gasteiger charge is -2.23. The second kappa shape index (κ2) is 7.59. The third-order valence-corrected chi connectivity index (χ3v) is 3.98. The lowest BCUT2D eigenvalue weighted by atomic mass is 10.1. The fourth-order valence-corrected chi connectivity index (χ4v) is 2.71. The first-order valence-corrected chi connectivity index (χ1v) is 8.24. The maximum atomic E-state index is 4.44. The molecule has 0 bridgehead atoms. The van der Waals surface area contributed by atoms with Crippen LogP contribution in [0.3, 0.4) is 0 Å². The van der Waals surface area contributed by atoms with Crippen LogP contribution in [0.2, 0.25) is 0 Å². The summed E-state index contributed by atoms with van der Waals surface area (Å²) < 4.78 is 0. The van der Waals surface area contributed by atoms with Gasteiger partial charge in [0.25, 0.3) is 0 Å². The number of rotatable bonds is 6. The predicted octanol–water partition coefficient (Wildman–Crippen LogP) is 4.81. The SMILES string of the molecule is CCN(c1ccccc1)c1cc(NC(C)c2ccccc2)ncn1. The first-order valence-electron chi connectivity index (χ1n) is 8.24. The molecule has 4 heteroatoms. The van der Waals surface area contributed by atoms with Crippen molar-refractivity contribution in [1.82, 2.24) is 9.97 Å². The van der Waals surface area contributed by atoms with Crippen molar-refractivity contribution in [2.24, 2.45) is 0 Å². The highest BCUT2D eigenvalue weighted by molar-refractivity contribution is 5.62. The zero-order valence-electron chi connectivity index (χ0n) is 14.1. The third kappa shape index (κ3) is 3.71. The van der Waals surface area contributed by atoms with Gasteiger partial charge in [-0.05, 0) is 31.5 Å². The van der Waals surface area contributed by atoms with Gasteiger partial charge in [0.2, 0.25) is 0 Å². The Bertz CT molecular complexity index is 759. The summed E-state index contributed by atoms with van der Waals surface area (Å²) in [6.07, 6.45) is 1.61. The minimum Gasteiger partial charge on any atom is -0.363 e. The van der Waals surface area contributed by atoms with Gasteiger partial charge in [0, 0.05) is 24.3 Å². The largest absolute Gasteiger partial charge is 0.363 e. The molecule has 0 aliphatic heterocycles. The van der Waals surface area contributed by atoms with Crippen molar-refractivity contribution >= 4 is 17.3 Å². The molecule has 0 aliphatic rings. The summed E-state index contributed by atoms with van der Waals surface area (Å²) in [6, 6.07) is 22.8. The van der Waals surface area contributed by atoms with E-state index in [0.717, 1.165) is 23.9 Å². The molecule has 0 radical (unpaired) electrons. The maximum absolute atomic E-state index is 4.44. The van der Waals surface area contributed by atoms with Crippen LogP contribution in [0.5, 0.6) is 0 Å². The Morgan fingerprint density at radius 3 is 2.29 bits per heavy atom.